The number of aromatic nitrogens is 1. The second-order valence-corrected chi connectivity index (χ2v) is 7.56. The first-order valence-electron chi connectivity index (χ1n) is 9.20. The first kappa shape index (κ1) is 14.3. The molecule has 118 valence electrons. The van der Waals surface area contributed by atoms with E-state index in [0.717, 1.165) is 5.92 Å². The van der Waals surface area contributed by atoms with E-state index in [0.29, 0.717) is 5.54 Å². The van der Waals surface area contributed by atoms with Gasteiger partial charge >= 0.3 is 0 Å². The van der Waals surface area contributed by atoms with Crippen LogP contribution < -0.4 is 4.90 Å². The molecular weight excluding hydrogens is 268 g/mol. The molecule has 22 heavy (non-hydrogen) atoms. The van der Waals surface area contributed by atoms with Crippen LogP contribution in [0.2, 0.25) is 0 Å². The third-order valence-electron chi connectivity index (χ3n) is 6.46. The van der Waals surface area contributed by atoms with Crippen LogP contribution in [0, 0.1) is 5.92 Å². The molecule has 2 aliphatic heterocycles. The van der Waals surface area contributed by atoms with Crippen molar-refractivity contribution in [3.63, 3.8) is 0 Å². The number of H-pyrrole nitrogens is 1. The van der Waals surface area contributed by atoms with Gasteiger partial charge in [-0.25, -0.2) is 0 Å². The van der Waals surface area contributed by atoms with Gasteiger partial charge in [0.2, 0.25) is 0 Å². The summed E-state index contributed by atoms with van der Waals surface area (Å²) in [5, 5.41) is 1.47. The fourth-order valence-corrected chi connectivity index (χ4v) is 5.33. The van der Waals surface area contributed by atoms with Gasteiger partial charge in [0.1, 0.15) is 5.54 Å². The predicted molar refractivity (Wildman–Crippen MR) is 92.3 cm³/mol. The maximum absolute atomic E-state index is 3.86. The van der Waals surface area contributed by atoms with Crippen molar-refractivity contribution in [1.82, 2.24) is 4.98 Å². The second kappa shape index (κ2) is 5.42. The average Bonchev–Trinajstić information content (AvgIpc) is 2.84. The summed E-state index contributed by atoms with van der Waals surface area (Å²) in [6.07, 6.45) is 8.07. The molecule has 1 saturated heterocycles. The Bertz CT molecular complexity index is 669. The number of hydrogen-bond donors (Lipinski definition) is 2. The Labute approximate surface area is 133 Å². The van der Waals surface area contributed by atoms with E-state index in [2.05, 4.69) is 43.1 Å². The van der Waals surface area contributed by atoms with Gasteiger partial charge in [-0.2, -0.15) is 0 Å². The quantitative estimate of drug-likeness (QED) is 0.847. The zero-order valence-electron chi connectivity index (χ0n) is 14.0. The molecule has 4 rings (SSSR count). The molecule has 2 heteroatoms. The smallest absolute Gasteiger partial charge is 0.138 e. The van der Waals surface area contributed by atoms with Crippen molar-refractivity contribution in [3.05, 3.63) is 35.5 Å². The molecule has 3 atom stereocenters. The van der Waals surface area contributed by atoms with Crippen LogP contribution in [0.5, 0.6) is 0 Å². The number of nitrogens with one attached hydrogen (secondary N) is 2. The van der Waals surface area contributed by atoms with Gasteiger partial charge in [0.05, 0.1) is 18.8 Å². The lowest BCUT2D eigenvalue weighted by Crippen LogP contribution is -3.20. The van der Waals surface area contributed by atoms with Crippen molar-refractivity contribution in [1.29, 1.82) is 0 Å². The van der Waals surface area contributed by atoms with Crippen LogP contribution in [-0.4, -0.2) is 18.1 Å². The van der Waals surface area contributed by atoms with Crippen LogP contribution in [-0.2, 0) is 12.0 Å². The van der Waals surface area contributed by atoms with E-state index >= 15 is 0 Å². The minimum atomic E-state index is 0.291. The highest BCUT2D eigenvalue weighted by Gasteiger charge is 2.50. The lowest BCUT2D eigenvalue weighted by Gasteiger charge is -2.46. The lowest BCUT2D eigenvalue weighted by atomic mass is 9.72. The molecular formula is C20H29N2+. The molecule has 3 unspecified atom stereocenters. The molecule has 2 aromatic rings. The van der Waals surface area contributed by atoms with Crippen LogP contribution in [0.1, 0.15) is 57.2 Å². The van der Waals surface area contributed by atoms with Gasteiger partial charge in [0.15, 0.2) is 0 Å². The Morgan fingerprint density at radius 2 is 2.05 bits per heavy atom. The van der Waals surface area contributed by atoms with Gasteiger partial charge in [-0.15, -0.1) is 0 Å². The van der Waals surface area contributed by atoms with Crippen LogP contribution in [0.4, 0.5) is 0 Å². The van der Waals surface area contributed by atoms with Crippen molar-refractivity contribution in [2.75, 3.05) is 13.1 Å². The first-order chi connectivity index (χ1) is 10.7. The maximum Gasteiger partial charge on any atom is 0.138 e. The van der Waals surface area contributed by atoms with Crippen molar-refractivity contribution < 1.29 is 4.90 Å². The zero-order valence-corrected chi connectivity index (χ0v) is 14.0. The summed E-state index contributed by atoms with van der Waals surface area (Å²) < 4.78 is 0. The minimum Gasteiger partial charge on any atom is -0.353 e. The Hall–Kier alpha value is -1.28. The summed E-state index contributed by atoms with van der Waals surface area (Å²) in [6, 6.07) is 8.93. The summed E-state index contributed by atoms with van der Waals surface area (Å²) in [5.74, 6) is 0.825. The van der Waals surface area contributed by atoms with E-state index in [-0.39, 0.29) is 0 Å². The monoisotopic (exact) mass is 297 g/mol. The second-order valence-electron chi connectivity index (χ2n) is 7.56. The van der Waals surface area contributed by atoms with Gasteiger partial charge < -0.3 is 9.88 Å². The van der Waals surface area contributed by atoms with E-state index in [1.165, 1.54) is 62.5 Å². The number of quaternary nitrogens is 1. The topological polar surface area (TPSA) is 20.2 Å². The number of hydrogen-bond acceptors (Lipinski definition) is 0. The van der Waals surface area contributed by atoms with Gasteiger partial charge in [0, 0.05) is 23.2 Å². The van der Waals surface area contributed by atoms with Crippen LogP contribution in [0.15, 0.2) is 24.3 Å². The van der Waals surface area contributed by atoms with Crippen LogP contribution in [0.3, 0.4) is 0 Å². The molecule has 0 saturated carbocycles. The highest BCUT2D eigenvalue weighted by molar-refractivity contribution is 5.85. The van der Waals surface area contributed by atoms with Crippen molar-refractivity contribution in [2.24, 2.45) is 5.92 Å². The molecule has 1 aromatic carbocycles. The summed E-state index contributed by atoms with van der Waals surface area (Å²) in [5.41, 5.74) is 4.82. The largest absolute Gasteiger partial charge is 0.353 e. The average molecular weight is 297 g/mol. The third kappa shape index (κ3) is 1.96. The maximum atomic E-state index is 3.86. The van der Waals surface area contributed by atoms with Crippen LogP contribution >= 0.6 is 0 Å². The molecule has 1 fully saturated rings. The van der Waals surface area contributed by atoms with Gasteiger partial charge in [-0.1, -0.05) is 31.5 Å². The SMILES string of the molecule is CCCC1CCC[NH+]2CCCc3c([nH]c4ccccc34)C12C. The fraction of sp³-hybridized carbons (Fsp3) is 0.600. The number of benzene rings is 1. The van der Waals surface area contributed by atoms with E-state index in [1.807, 2.05) is 4.90 Å². The molecule has 1 aromatic heterocycles. The van der Waals surface area contributed by atoms with Crippen molar-refractivity contribution >= 4 is 10.9 Å². The number of aryl methyl sites for hydroxylation is 1. The number of aromatic amines is 1. The van der Waals surface area contributed by atoms with E-state index in [9.17, 15) is 0 Å². The Balaban J connectivity index is 1.91. The molecule has 0 spiro atoms. The normalized spacial score (nSPS) is 31.5. The lowest BCUT2D eigenvalue weighted by molar-refractivity contribution is -0.969. The minimum absolute atomic E-state index is 0.291. The Morgan fingerprint density at radius 3 is 2.91 bits per heavy atom. The standard InChI is InChI=1S/C20H28N2/c1-3-8-15-9-6-13-22-14-7-11-17-16-10-4-5-12-18(16)21-19(17)20(15,22)2/h4-5,10,12,15,21H,3,6-9,11,13-14H2,1-2H3/p+1. The van der Waals surface area contributed by atoms with Gasteiger partial charge in [0.25, 0.3) is 0 Å². The molecule has 0 radical (unpaired) electrons. The zero-order chi connectivity index (χ0) is 15.2. The van der Waals surface area contributed by atoms with E-state index in [1.54, 1.807) is 11.3 Å². The molecule has 2 nitrogen and oxygen atoms in total. The van der Waals surface area contributed by atoms with Crippen LogP contribution in [0.25, 0.3) is 10.9 Å². The molecule has 0 aliphatic carbocycles. The summed E-state index contributed by atoms with van der Waals surface area (Å²) in [7, 11) is 0. The molecule has 2 N–H and O–H groups in total. The molecule has 3 heterocycles. The third-order valence-corrected chi connectivity index (χ3v) is 6.46. The predicted octanol–water partition coefficient (Wildman–Crippen LogP) is 3.42. The Morgan fingerprint density at radius 1 is 1.23 bits per heavy atom. The molecule has 2 aliphatic rings. The van der Waals surface area contributed by atoms with Crippen molar-refractivity contribution in [3.8, 4) is 0 Å². The number of rotatable bonds is 2. The Kier molecular flexibility index (Phi) is 3.53. The van der Waals surface area contributed by atoms with Gasteiger partial charge in [-0.3, -0.25) is 0 Å². The molecule has 0 bridgehead atoms. The van der Waals surface area contributed by atoms with Gasteiger partial charge in [-0.05, 0) is 44.2 Å². The summed E-state index contributed by atoms with van der Waals surface area (Å²) in [6.45, 7) is 7.60. The molecule has 0 amide bonds. The summed E-state index contributed by atoms with van der Waals surface area (Å²) >= 11 is 0. The van der Waals surface area contributed by atoms with Crippen molar-refractivity contribution in [2.45, 2.75) is 57.9 Å². The van der Waals surface area contributed by atoms with E-state index in [4.69, 9.17) is 0 Å². The number of fused-ring (bicyclic) bond motifs is 5. The number of piperidine rings is 1. The summed E-state index contributed by atoms with van der Waals surface area (Å²) in [4.78, 5) is 5.70. The fourth-order valence-electron chi connectivity index (χ4n) is 5.33. The highest BCUT2D eigenvalue weighted by atomic mass is 15.2. The number of para-hydroxylation sites is 1. The first-order valence-corrected chi connectivity index (χ1v) is 9.20. The van der Waals surface area contributed by atoms with E-state index < -0.39 is 0 Å². The highest BCUT2D eigenvalue weighted by Crippen LogP contribution is 2.40.